The summed E-state index contributed by atoms with van der Waals surface area (Å²) in [7, 11) is 0. The van der Waals surface area contributed by atoms with Crippen LogP contribution in [0.4, 0.5) is 11.4 Å². The third-order valence-electron chi connectivity index (χ3n) is 4.24. The minimum Gasteiger partial charge on any atom is -0.486 e. The Morgan fingerprint density at radius 1 is 1.00 bits per heavy atom. The summed E-state index contributed by atoms with van der Waals surface area (Å²) in [5, 5.41) is 6.25. The highest BCUT2D eigenvalue weighted by atomic mass is 16.6. The first-order chi connectivity index (χ1) is 11.9. The molecule has 0 radical (unpaired) electrons. The number of hydrogen-bond donors (Lipinski definition) is 2. The second kappa shape index (κ2) is 7.05. The van der Waals surface area contributed by atoms with Crippen molar-refractivity contribution in [2.45, 2.75) is 33.7 Å². The van der Waals surface area contributed by atoms with E-state index in [0.29, 0.717) is 19.0 Å². The van der Waals surface area contributed by atoms with Crippen molar-refractivity contribution in [2.75, 3.05) is 23.8 Å². The average Bonchev–Trinajstić information content (AvgIpc) is 2.57. The van der Waals surface area contributed by atoms with E-state index in [-0.39, 0.29) is 11.9 Å². The van der Waals surface area contributed by atoms with Crippen LogP contribution < -0.4 is 20.1 Å². The maximum Gasteiger partial charge on any atom is 0.246 e. The molecule has 25 heavy (non-hydrogen) atoms. The SMILES string of the molecule is Cc1cc(C)c(NC(=O)[C@H](C)Nc2ccc3c(c2)OCCO3)c(C)c1. The van der Waals surface area contributed by atoms with Gasteiger partial charge in [-0.05, 0) is 51.0 Å². The lowest BCUT2D eigenvalue weighted by molar-refractivity contribution is -0.116. The zero-order valence-corrected chi connectivity index (χ0v) is 15.1. The van der Waals surface area contributed by atoms with Crippen LogP contribution in [0.2, 0.25) is 0 Å². The minimum atomic E-state index is -0.386. The molecule has 1 aliphatic rings. The first kappa shape index (κ1) is 17.1. The highest BCUT2D eigenvalue weighted by Crippen LogP contribution is 2.32. The normalized spacial score (nSPS) is 13.9. The quantitative estimate of drug-likeness (QED) is 0.888. The van der Waals surface area contributed by atoms with E-state index >= 15 is 0 Å². The average molecular weight is 340 g/mol. The Hall–Kier alpha value is -2.69. The van der Waals surface area contributed by atoms with Gasteiger partial charge in [-0.2, -0.15) is 0 Å². The molecular weight excluding hydrogens is 316 g/mol. The number of nitrogens with one attached hydrogen (secondary N) is 2. The molecule has 2 aromatic carbocycles. The van der Waals surface area contributed by atoms with E-state index in [0.717, 1.165) is 28.3 Å². The van der Waals surface area contributed by atoms with Crippen LogP contribution in [0.25, 0.3) is 0 Å². The molecule has 0 unspecified atom stereocenters. The molecule has 1 atom stereocenters. The van der Waals surface area contributed by atoms with E-state index in [4.69, 9.17) is 9.47 Å². The van der Waals surface area contributed by atoms with E-state index in [1.54, 1.807) is 0 Å². The smallest absolute Gasteiger partial charge is 0.246 e. The van der Waals surface area contributed by atoms with Gasteiger partial charge >= 0.3 is 0 Å². The van der Waals surface area contributed by atoms with Gasteiger partial charge in [0.25, 0.3) is 0 Å². The molecule has 5 nitrogen and oxygen atoms in total. The molecule has 0 aromatic heterocycles. The summed E-state index contributed by atoms with van der Waals surface area (Å²) in [6.07, 6.45) is 0. The molecule has 0 saturated carbocycles. The Kier molecular flexibility index (Phi) is 4.83. The number of amides is 1. The fourth-order valence-electron chi connectivity index (χ4n) is 3.06. The molecule has 0 spiro atoms. The Morgan fingerprint density at radius 2 is 1.64 bits per heavy atom. The van der Waals surface area contributed by atoms with Crippen LogP contribution in [0.1, 0.15) is 23.6 Å². The van der Waals surface area contributed by atoms with Crippen LogP contribution in [0.3, 0.4) is 0 Å². The van der Waals surface area contributed by atoms with Gasteiger partial charge in [-0.1, -0.05) is 17.7 Å². The summed E-state index contributed by atoms with van der Waals surface area (Å²) >= 11 is 0. The highest BCUT2D eigenvalue weighted by molar-refractivity contribution is 5.97. The van der Waals surface area contributed by atoms with Crippen molar-refractivity contribution in [1.82, 2.24) is 0 Å². The van der Waals surface area contributed by atoms with Crippen molar-refractivity contribution in [3.63, 3.8) is 0 Å². The maximum absolute atomic E-state index is 12.6. The van der Waals surface area contributed by atoms with E-state index < -0.39 is 0 Å². The second-order valence-electron chi connectivity index (χ2n) is 6.49. The fourth-order valence-corrected chi connectivity index (χ4v) is 3.06. The van der Waals surface area contributed by atoms with Gasteiger partial charge in [-0.25, -0.2) is 0 Å². The van der Waals surface area contributed by atoms with Gasteiger partial charge in [0.1, 0.15) is 19.3 Å². The van der Waals surface area contributed by atoms with Crippen molar-refractivity contribution in [2.24, 2.45) is 0 Å². The van der Waals surface area contributed by atoms with Crippen molar-refractivity contribution in [3.8, 4) is 11.5 Å². The van der Waals surface area contributed by atoms with E-state index in [1.165, 1.54) is 5.56 Å². The number of fused-ring (bicyclic) bond motifs is 1. The largest absolute Gasteiger partial charge is 0.486 e. The van der Waals surface area contributed by atoms with Gasteiger partial charge in [0, 0.05) is 17.4 Å². The van der Waals surface area contributed by atoms with Crippen LogP contribution in [-0.4, -0.2) is 25.2 Å². The summed E-state index contributed by atoms with van der Waals surface area (Å²) in [5.41, 5.74) is 5.03. The van der Waals surface area contributed by atoms with E-state index in [9.17, 15) is 4.79 Å². The van der Waals surface area contributed by atoms with Gasteiger partial charge < -0.3 is 20.1 Å². The Bertz CT molecular complexity index is 779. The Balaban J connectivity index is 1.69. The number of benzene rings is 2. The first-order valence-corrected chi connectivity index (χ1v) is 8.49. The maximum atomic E-state index is 12.6. The summed E-state index contributed by atoms with van der Waals surface area (Å²) in [6.45, 7) is 9.01. The molecule has 2 aromatic rings. The van der Waals surface area contributed by atoms with Crippen molar-refractivity contribution in [3.05, 3.63) is 47.0 Å². The monoisotopic (exact) mass is 340 g/mol. The predicted molar refractivity (Wildman–Crippen MR) is 99.8 cm³/mol. The van der Waals surface area contributed by atoms with E-state index in [2.05, 4.69) is 29.7 Å². The standard InChI is InChI=1S/C20H24N2O3/c1-12-9-13(2)19(14(3)10-12)22-20(23)15(4)21-16-5-6-17-18(11-16)25-8-7-24-17/h5-6,9-11,15,21H,7-8H2,1-4H3,(H,22,23)/t15-/m0/s1. The number of hydrogen-bond acceptors (Lipinski definition) is 4. The summed E-state index contributed by atoms with van der Waals surface area (Å²) in [4.78, 5) is 12.6. The molecular formula is C20H24N2O3. The zero-order valence-electron chi connectivity index (χ0n) is 15.1. The van der Waals surface area contributed by atoms with Crippen molar-refractivity contribution in [1.29, 1.82) is 0 Å². The molecule has 1 aliphatic heterocycles. The predicted octanol–water partition coefficient (Wildman–Crippen LogP) is 3.82. The molecule has 5 heteroatoms. The number of rotatable bonds is 4. The Labute approximate surface area is 148 Å². The Morgan fingerprint density at radius 3 is 2.32 bits per heavy atom. The first-order valence-electron chi connectivity index (χ1n) is 8.49. The van der Waals surface area contributed by atoms with Gasteiger partial charge in [0.15, 0.2) is 11.5 Å². The van der Waals surface area contributed by atoms with Crippen LogP contribution in [0.15, 0.2) is 30.3 Å². The summed E-state index contributed by atoms with van der Waals surface area (Å²) in [6, 6.07) is 9.36. The highest BCUT2D eigenvalue weighted by Gasteiger charge is 2.17. The van der Waals surface area contributed by atoms with E-state index in [1.807, 2.05) is 39.0 Å². The molecule has 0 aliphatic carbocycles. The van der Waals surface area contributed by atoms with Crippen LogP contribution in [-0.2, 0) is 4.79 Å². The molecule has 0 bridgehead atoms. The topological polar surface area (TPSA) is 59.6 Å². The lowest BCUT2D eigenvalue weighted by Crippen LogP contribution is -2.32. The third kappa shape index (κ3) is 3.87. The molecule has 0 saturated heterocycles. The molecule has 1 amide bonds. The molecule has 1 heterocycles. The summed E-state index contributed by atoms with van der Waals surface area (Å²) in [5.74, 6) is 1.36. The number of aryl methyl sites for hydroxylation is 3. The zero-order chi connectivity index (χ0) is 18.0. The van der Waals surface area contributed by atoms with Crippen LogP contribution in [0.5, 0.6) is 11.5 Å². The minimum absolute atomic E-state index is 0.0788. The van der Waals surface area contributed by atoms with Crippen molar-refractivity contribution >= 4 is 17.3 Å². The number of anilines is 2. The third-order valence-corrected chi connectivity index (χ3v) is 4.24. The lowest BCUT2D eigenvalue weighted by Gasteiger charge is -2.21. The molecule has 2 N–H and O–H groups in total. The summed E-state index contributed by atoms with van der Waals surface area (Å²) < 4.78 is 11.1. The van der Waals surface area contributed by atoms with Crippen LogP contribution >= 0.6 is 0 Å². The number of ether oxygens (including phenoxy) is 2. The van der Waals surface area contributed by atoms with Gasteiger partial charge in [-0.15, -0.1) is 0 Å². The molecule has 132 valence electrons. The van der Waals surface area contributed by atoms with Gasteiger partial charge in [0.2, 0.25) is 5.91 Å². The number of carbonyl (C=O) groups excluding carboxylic acids is 1. The molecule has 3 rings (SSSR count). The second-order valence-corrected chi connectivity index (χ2v) is 6.49. The van der Waals surface area contributed by atoms with Crippen LogP contribution in [0, 0.1) is 20.8 Å². The van der Waals surface area contributed by atoms with Gasteiger partial charge in [-0.3, -0.25) is 4.79 Å². The fraction of sp³-hybridized carbons (Fsp3) is 0.350. The number of carbonyl (C=O) groups is 1. The molecule has 0 fully saturated rings. The van der Waals surface area contributed by atoms with Crippen molar-refractivity contribution < 1.29 is 14.3 Å². The lowest BCUT2D eigenvalue weighted by atomic mass is 10.0. The van der Waals surface area contributed by atoms with Gasteiger partial charge in [0.05, 0.1) is 0 Å².